The van der Waals surface area contributed by atoms with Gasteiger partial charge < -0.3 is 10.1 Å². The lowest BCUT2D eigenvalue weighted by Crippen LogP contribution is -2.97. The SMILES string of the molecule is COc1ccc(N2C(=O)C[C@@H]([NH2+][C@H]3CCCC[C@H]3C)C2=O)cc1. The van der Waals surface area contributed by atoms with E-state index in [9.17, 15) is 9.59 Å². The molecule has 124 valence electrons. The summed E-state index contributed by atoms with van der Waals surface area (Å²) in [4.78, 5) is 26.3. The lowest BCUT2D eigenvalue weighted by atomic mass is 9.85. The number of methoxy groups -OCH3 is 1. The summed E-state index contributed by atoms with van der Waals surface area (Å²) in [6.45, 7) is 2.25. The Morgan fingerprint density at radius 1 is 1.13 bits per heavy atom. The maximum Gasteiger partial charge on any atom is 0.292 e. The lowest BCUT2D eigenvalue weighted by Gasteiger charge is -2.28. The third kappa shape index (κ3) is 3.24. The van der Waals surface area contributed by atoms with Gasteiger partial charge in [-0.3, -0.25) is 9.59 Å². The van der Waals surface area contributed by atoms with Gasteiger partial charge in [0, 0.05) is 5.92 Å². The second kappa shape index (κ2) is 6.71. The Labute approximate surface area is 137 Å². The van der Waals surface area contributed by atoms with Crippen molar-refractivity contribution in [2.75, 3.05) is 12.0 Å². The third-order valence-electron chi connectivity index (χ3n) is 5.17. The molecular weight excluding hydrogens is 292 g/mol. The van der Waals surface area contributed by atoms with Crippen molar-refractivity contribution in [3.63, 3.8) is 0 Å². The summed E-state index contributed by atoms with van der Waals surface area (Å²) in [5.74, 6) is 1.14. The Kier molecular flexibility index (Phi) is 4.66. The standard InChI is InChI=1S/C18H24N2O3/c1-12-5-3-4-6-15(12)19-16-11-17(21)20(18(16)22)13-7-9-14(23-2)10-8-13/h7-10,12,15-16,19H,3-6,11H2,1-2H3/p+1/t12-,15+,16-/m1/s1. The predicted molar refractivity (Wildman–Crippen MR) is 87.2 cm³/mol. The zero-order chi connectivity index (χ0) is 16.4. The first-order valence-electron chi connectivity index (χ1n) is 8.46. The maximum absolute atomic E-state index is 12.7. The number of quaternary nitrogens is 1. The van der Waals surface area contributed by atoms with Crippen molar-refractivity contribution >= 4 is 17.5 Å². The van der Waals surface area contributed by atoms with E-state index in [0.29, 0.717) is 29.8 Å². The highest BCUT2D eigenvalue weighted by molar-refractivity contribution is 6.21. The van der Waals surface area contributed by atoms with Gasteiger partial charge in [0.25, 0.3) is 5.91 Å². The predicted octanol–water partition coefficient (Wildman–Crippen LogP) is 1.47. The monoisotopic (exact) mass is 317 g/mol. The van der Waals surface area contributed by atoms with Gasteiger partial charge in [-0.15, -0.1) is 0 Å². The summed E-state index contributed by atoms with van der Waals surface area (Å²) in [6.07, 6.45) is 5.16. The van der Waals surface area contributed by atoms with Crippen molar-refractivity contribution in [1.82, 2.24) is 0 Å². The van der Waals surface area contributed by atoms with Gasteiger partial charge in [-0.2, -0.15) is 0 Å². The van der Waals surface area contributed by atoms with E-state index in [1.54, 1.807) is 31.4 Å². The summed E-state index contributed by atoms with van der Waals surface area (Å²) < 4.78 is 5.12. The number of nitrogens with zero attached hydrogens (tertiary/aromatic N) is 1. The molecule has 0 radical (unpaired) electrons. The van der Waals surface area contributed by atoms with Crippen LogP contribution in [0, 0.1) is 5.92 Å². The van der Waals surface area contributed by atoms with Gasteiger partial charge in [0.05, 0.1) is 25.3 Å². The molecule has 2 amide bonds. The van der Waals surface area contributed by atoms with Gasteiger partial charge in [-0.05, 0) is 43.5 Å². The largest absolute Gasteiger partial charge is 0.497 e. The van der Waals surface area contributed by atoms with Crippen LogP contribution in [0.5, 0.6) is 5.75 Å². The van der Waals surface area contributed by atoms with Crippen LogP contribution in [0.25, 0.3) is 0 Å². The number of rotatable bonds is 4. The quantitative estimate of drug-likeness (QED) is 0.855. The van der Waals surface area contributed by atoms with E-state index in [1.165, 1.54) is 24.2 Å². The molecule has 3 atom stereocenters. The molecule has 3 rings (SSSR count). The van der Waals surface area contributed by atoms with Crippen molar-refractivity contribution in [2.24, 2.45) is 5.92 Å². The number of benzene rings is 1. The van der Waals surface area contributed by atoms with Crippen LogP contribution < -0.4 is 15.0 Å². The fraction of sp³-hybridized carbons (Fsp3) is 0.556. The zero-order valence-electron chi connectivity index (χ0n) is 13.8. The Hall–Kier alpha value is -1.88. The molecule has 0 bridgehead atoms. The number of nitrogens with two attached hydrogens (primary N) is 1. The average Bonchev–Trinajstić information content (AvgIpc) is 2.84. The molecule has 1 saturated carbocycles. The van der Waals surface area contributed by atoms with Crippen molar-refractivity contribution in [3.05, 3.63) is 24.3 Å². The second-order valence-electron chi connectivity index (χ2n) is 6.69. The molecule has 1 aliphatic heterocycles. The van der Waals surface area contributed by atoms with Crippen molar-refractivity contribution < 1.29 is 19.6 Å². The van der Waals surface area contributed by atoms with Crippen molar-refractivity contribution in [3.8, 4) is 5.75 Å². The molecule has 5 heteroatoms. The van der Waals surface area contributed by atoms with E-state index >= 15 is 0 Å². The molecule has 2 aliphatic rings. The number of imide groups is 1. The molecule has 0 spiro atoms. The van der Waals surface area contributed by atoms with E-state index < -0.39 is 0 Å². The third-order valence-corrected chi connectivity index (χ3v) is 5.17. The molecule has 23 heavy (non-hydrogen) atoms. The Morgan fingerprint density at radius 2 is 1.83 bits per heavy atom. The van der Waals surface area contributed by atoms with Crippen LogP contribution in [-0.2, 0) is 9.59 Å². The number of hydrogen-bond acceptors (Lipinski definition) is 3. The molecule has 5 nitrogen and oxygen atoms in total. The topological polar surface area (TPSA) is 63.2 Å². The molecule has 1 saturated heterocycles. The number of hydrogen-bond donors (Lipinski definition) is 1. The fourth-order valence-corrected chi connectivity index (χ4v) is 3.74. The number of amides is 2. The van der Waals surface area contributed by atoms with E-state index in [4.69, 9.17) is 4.74 Å². The van der Waals surface area contributed by atoms with E-state index in [2.05, 4.69) is 12.2 Å². The minimum absolute atomic E-state index is 0.0852. The first kappa shape index (κ1) is 16.0. The van der Waals surface area contributed by atoms with Crippen LogP contribution in [-0.4, -0.2) is 31.0 Å². The molecule has 1 heterocycles. The van der Waals surface area contributed by atoms with Crippen molar-refractivity contribution in [2.45, 2.75) is 51.1 Å². The summed E-state index contributed by atoms with van der Waals surface area (Å²) in [6, 6.07) is 7.27. The molecule has 1 aliphatic carbocycles. The highest BCUT2D eigenvalue weighted by atomic mass is 16.5. The summed E-state index contributed by atoms with van der Waals surface area (Å²) in [5.41, 5.74) is 0.633. The molecule has 2 fully saturated rings. The van der Waals surface area contributed by atoms with Crippen LogP contribution in [0.4, 0.5) is 5.69 Å². The van der Waals surface area contributed by atoms with Gasteiger partial charge >= 0.3 is 0 Å². The molecule has 1 aromatic rings. The first-order chi connectivity index (χ1) is 11.1. The lowest BCUT2D eigenvalue weighted by molar-refractivity contribution is -0.715. The molecular formula is C18H25N2O3+. The molecule has 2 N–H and O–H groups in total. The summed E-state index contributed by atoms with van der Waals surface area (Å²) in [7, 11) is 1.59. The van der Waals surface area contributed by atoms with E-state index in [-0.39, 0.29) is 17.9 Å². The van der Waals surface area contributed by atoms with Crippen LogP contribution in [0.15, 0.2) is 24.3 Å². The number of ether oxygens (including phenoxy) is 1. The Bertz CT molecular complexity index is 584. The summed E-state index contributed by atoms with van der Waals surface area (Å²) in [5, 5.41) is 2.15. The van der Waals surface area contributed by atoms with E-state index in [0.717, 1.165) is 6.42 Å². The Morgan fingerprint density at radius 3 is 2.48 bits per heavy atom. The van der Waals surface area contributed by atoms with Crippen molar-refractivity contribution in [1.29, 1.82) is 0 Å². The average molecular weight is 317 g/mol. The Balaban J connectivity index is 1.71. The highest BCUT2D eigenvalue weighted by Crippen LogP contribution is 2.25. The number of carbonyl (C=O) groups excluding carboxylic acids is 2. The van der Waals surface area contributed by atoms with E-state index in [1.807, 2.05) is 0 Å². The zero-order valence-corrected chi connectivity index (χ0v) is 13.8. The molecule has 1 aromatic carbocycles. The normalized spacial score (nSPS) is 28.3. The van der Waals surface area contributed by atoms with Crippen LogP contribution in [0.3, 0.4) is 0 Å². The molecule has 0 unspecified atom stereocenters. The van der Waals surface area contributed by atoms with Crippen LogP contribution in [0.2, 0.25) is 0 Å². The smallest absolute Gasteiger partial charge is 0.292 e. The fourth-order valence-electron chi connectivity index (χ4n) is 3.74. The minimum Gasteiger partial charge on any atom is -0.497 e. The van der Waals surface area contributed by atoms with Gasteiger partial charge in [0.2, 0.25) is 5.91 Å². The highest BCUT2D eigenvalue weighted by Gasteiger charge is 2.44. The van der Waals surface area contributed by atoms with Crippen LogP contribution >= 0.6 is 0 Å². The van der Waals surface area contributed by atoms with Crippen LogP contribution in [0.1, 0.15) is 39.0 Å². The van der Waals surface area contributed by atoms with Gasteiger partial charge in [-0.25, -0.2) is 4.90 Å². The summed E-state index contributed by atoms with van der Waals surface area (Å²) >= 11 is 0. The van der Waals surface area contributed by atoms with Gasteiger partial charge in [0.15, 0.2) is 6.04 Å². The first-order valence-corrected chi connectivity index (χ1v) is 8.46. The number of anilines is 1. The number of carbonyl (C=O) groups is 2. The minimum atomic E-state index is -0.268. The second-order valence-corrected chi connectivity index (χ2v) is 6.69. The van der Waals surface area contributed by atoms with Gasteiger partial charge in [0.1, 0.15) is 5.75 Å². The maximum atomic E-state index is 12.7. The molecule has 0 aromatic heterocycles. The van der Waals surface area contributed by atoms with Gasteiger partial charge in [-0.1, -0.05) is 13.3 Å².